The Hall–Kier alpha value is -1.98. The van der Waals surface area contributed by atoms with Crippen LogP contribution in [0.1, 0.15) is 44.9 Å². The van der Waals surface area contributed by atoms with E-state index in [0.29, 0.717) is 6.42 Å². The topological polar surface area (TPSA) is 55.4 Å². The fourth-order valence-electron chi connectivity index (χ4n) is 5.78. The number of nitrogens with one attached hydrogen (secondary N) is 1. The van der Waals surface area contributed by atoms with E-state index in [1.165, 1.54) is 25.3 Å². The van der Waals surface area contributed by atoms with E-state index in [1.54, 1.807) is 0 Å². The summed E-state index contributed by atoms with van der Waals surface area (Å²) in [6.07, 6.45) is 7.63. The van der Waals surface area contributed by atoms with Gasteiger partial charge in [0.25, 0.3) is 5.91 Å². The number of carbonyl (C=O) groups excluding carboxylic acids is 2. The van der Waals surface area contributed by atoms with E-state index in [9.17, 15) is 18.4 Å². The molecule has 1 N–H and O–H groups in total. The second-order valence-corrected chi connectivity index (χ2v) is 8.43. The summed E-state index contributed by atoms with van der Waals surface area (Å²) in [7, 11) is 0. The van der Waals surface area contributed by atoms with E-state index in [0.717, 1.165) is 49.1 Å². The number of rotatable bonds is 5. The zero-order chi connectivity index (χ0) is 18.3. The number of hydrogen-bond acceptors (Lipinski definition) is 3. The van der Waals surface area contributed by atoms with Gasteiger partial charge in [-0.05, 0) is 73.8 Å². The number of amides is 1. The molecule has 4 aliphatic carbocycles. The van der Waals surface area contributed by atoms with Crippen molar-refractivity contribution < 1.29 is 23.1 Å². The van der Waals surface area contributed by atoms with Crippen molar-refractivity contribution >= 4 is 17.6 Å². The molecule has 4 fully saturated rings. The van der Waals surface area contributed by atoms with Gasteiger partial charge < -0.3 is 10.1 Å². The van der Waals surface area contributed by atoms with Crippen LogP contribution in [-0.2, 0) is 14.3 Å². The largest absolute Gasteiger partial charge is 0.456 e. The third kappa shape index (κ3) is 3.60. The van der Waals surface area contributed by atoms with Gasteiger partial charge in [0.05, 0.1) is 6.42 Å². The zero-order valence-electron chi connectivity index (χ0n) is 14.6. The number of anilines is 1. The first-order valence-corrected chi connectivity index (χ1v) is 9.31. The van der Waals surface area contributed by atoms with Gasteiger partial charge in [0.2, 0.25) is 0 Å². The van der Waals surface area contributed by atoms with Crippen molar-refractivity contribution in [2.75, 3.05) is 11.9 Å². The Balaban J connectivity index is 1.27. The van der Waals surface area contributed by atoms with Gasteiger partial charge in [-0.25, -0.2) is 8.78 Å². The quantitative estimate of drug-likeness (QED) is 0.803. The van der Waals surface area contributed by atoms with Gasteiger partial charge in [-0.3, -0.25) is 9.59 Å². The van der Waals surface area contributed by atoms with E-state index >= 15 is 0 Å². The van der Waals surface area contributed by atoms with Crippen molar-refractivity contribution in [3.8, 4) is 0 Å². The fourth-order valence-corrected chi connectivity index (χ4v) is 5.78. The normalized spacial score (nSPS) is 31.7. The SMILES string of the molecule is O=C(COC(=O)CC12CC3CC(CC(C3)C1)C2)Nc1ccc(F)c(F)c1. The Labute approximate surface area is 151 Å². The first kappa shape index (κ1) is 17.4. The van der Waals surface area contributed by atoms with E-state index in [4.69, 9.17) is 4.74 Å². The molecule has 0 spiro atoms. The predicted molar refractivity (Wildman–Crippen MR) is 91.2 cm³/mol. The van der Waals surface area contributed by atoms with Crippen LogP contribution in [0.2, 0.25) is 0 Å². The van der Waals surface area contributed by atoms with Crippen molar-refractivity contribution in [2.45, 2.75) is 44.9 Å². The van der Waals surface area contributed by atoms with Gasteiger partial charge in [-0.1, -0.05) is 0 Å². The second kappa shape index (κ2) is 6.63. The minimum atomic E-state index is -1.04. The number of hydrogen-bond donors (Lipinski definition) is 1. The van der Waals surface area contributed by atoms with Crippen LogP contribution in [0.25, 0.3) is 0 Å². The molecule has 0 heterocycles. The molecule has 1 aromatic rings. The van der Waals surface area contributed by atoms with Crippen LogP contribution in [-0.4, -0.2) is 18.5 Å². The highest BCUT2D eigenvalue weighted by atomic mass is 19.2. The van der Waals surface area contributed by atoms with Crippen LogP contribution in [0, 0.1) is 34.8 Å². The summed E-state index contributed by atoms with van der Waals surface area (Å²) in [5, 5.41) is 2.40. The Bertz CT molecular complexity index is 698. The standard InChI is InChI=1S/C20H23F2NO3/c21-16-2-1-15(6-17(16)22)23-18(24)11-26-19(25)10-20-7-12-3-13(8-20)5-14(4-12)9-20/h1-2,6,12-14H,3-5,7-11H2,(H,23,24). The van der Waals surface area contributed by atoms with Crippen molar-refractivity contribution in [2.24, 2.45) is 23.2 Å². The summed E-state index contributed by atoms with van der Waals surface area (Å²) in [5.74, 6) is -0.656. The molecular weight excluding hydrogens is 340 g/mol. The number of carbonyl (C=O) groups is 2. The molecule has 0 saturated heterocycles. The van der Waals surface area contributed by atoms with E-state index in [1.807, 2.05) is 0 Å². The molecular formula is C20H23F2NO3. The molecule has 1 amide bonds. The summed E-state index contributed by atoms with van der Waals surface area (Å²) in [6, 6.07) is 3.09. The average molecular weight is 363 g/mol. The molecule has 5 rings (SSSR count). The fraction of sp³-hybridized carbons (Fsp3) is 0.600. The van der Waals surface area contributed by atoms with Gasteiger partial charge in [0, 0.05) is 11.8 Å². The van der Waals surface area contributed by atoms with Crippen molar-refractivity contribution in [1.82, 2.24) is 0 Å². The Morgan fingerprint density at radius 3 is 2.23 bits per heavy atom. The molecule has 0 radical (unpaired) electrons. The van der Waals surface area contributed by atoms with Crippen LogP contribution in [0.4, 0.5) is 14.5 Å². The van der Waals surface area contributed by atoms with Gasteiger partial charge >= 0.3 is 5.97 Å². The summed E-state index contributed by atoms with van der Waals surface area (Å²) in [6.45, 7) is -0.413. The summed E-state index contributed by atoms with van der Waals surface area (Å²) in [5.41, 5.74) is 0.202. The van der Waals surface area contributed by atoms with Crippen molar-refractivity contribution in [3.05, 3.63) is 29.8 Å². The lowest BCUT2D eigenvalue weighted by molar-refractivity contribution is -0.154. The monoisotopic (exact) mass is 363 g/mol. The number of ether oxygens (including phenoxy) is 1. The van der Waals surface area contributed by atoms with Crippen molar-refractivity contribution in [3.63, 3.8) is 0 Å². The Morgan fingerprint density at radius 1 is 1.04 bits per heavy atom. The molecule has 140 valence electrons. The van der Waals surface area contributed by atoms with E-state index in [-0.39, 0.29) is 17.1 Å². The molecule has 6 heteroatoms. The van der Waals surface area contributed by atoms with Gasteiger partial charge in [0.15, 0.2) is 18.2 Å². The minimum absolute atomic E-state index is 0.0718. The highest BCUT2D eigenvalue weighted by Gasteiger charge is 2.51. The molecule has 0 unspecified atom stereocenters. The molecule has 26 heavy (non-hydrogen) atoms. The zero-order valence-corrected chi connectivity index (χ0v) is 14.6. The lowest BCUT2D eigenvalue weighted by atomic mass is 9.49. The maximum atomic E-state index is 13.1. The minimum Gasteiger partial charge on any atom is -0.456 e. The van der Waals surface area contributed by atoms with Crippen molar-refractivity contribution in [1.29, 1.82) is 0 Å². The van der Waals surface area contributed by atoms with Crippen LogP contribution in [0.15, 0.2) is 18.2 Å². The summed E-state index contributed by atoms with van der Waals surface area (Å²) >= 11 is 0. The molecule has 0 atom stereocenters. The number of benzene rings is 1. The predicted octanol–water partition coefficient (Wildman–Crippen LogP) is 4.05. The van der Waals surface area contributed by atoms with Gasteiger partial charge in [-0.2, -0.15) is 0 Å². The van der Waals surface area contributed by atoms with Crippen LogP contribution >= 0.6 is 0 Å². The third-order valence-electron chi connectivity index (χ3n) is 6.25. The Kier molecular flexibility index (Phi) is 4.45. The average Bonchev–Trinajstić information content (AvgIpc) is 2.55. The second-order valence-electron chi connectivity index (χ2n) is 8.43. The first-order valence-electron chi connectivity index (χ1n) is 9.31. The molecule has 4 aliphatic rings. The van der Waals surface area contributed by atoms with Crippen LogP contribution in [0.3, 0.4) is 0 Å². The summed E-state index contributed by atoms with van der Waals surface area (Å²) < 4.78 is 31.2. The number of esters is 1. The maximum Gasteiger partial charge on any atom is 0.306 e. The molecule has 1 aromatic carbocycles. The molecule has 0 aliphatic heterocycles. The number of halogens is 2. The highest BCUT2D eigenvalue weighted by molar-refractivity contribution is 5.92. The smallest absolute Gasteiger partial charge is 0.306 e. The summed E-state index contributed by atoms with van der Waals surface area (Å²) in [4.78, 5) is 24.1. The third-order valence-corrected chi connectivity index (χ3v) is 6.25. The van der Waals surface area contributed by atoms with Crippen LogP contribution < -0.4 is 5.32 Å². The lowest BCUT2D eigenvalue weighted by Gasteiger charge is -2.56. The molecule has 0 aromatic heterocycles. The Morgan fingerprint density at radius 2 is 1.65 bits per heavy atom. The van der Waals surface area contributed by atoms with E-state index in [2.05, 4.69) is 5.32 Å². The highest BCUT2D eigenvalue weighted by Crippen LogP contribution is 2.61. The first-order chi connectivity index (χ1) is 12.4. The molecule has 4 saturated carbocycles. The maximum absolute atomic E-state index is 13.1. The lowest BCUT2D eigenvalue weighted by Crippen LogP contribution is -2.47. The van der Waals surface area contributed by atoms with Gasteiger partial charge in [-0.15, -0.1) is 0 Å². The van der Waals surface area contributed by atoms with Gasteiger partial charge in [0.1, 0.15) is 0 Å². The molecule has 4 nitrogen and oxygen atoms in total. The van der Waals surface area contributed by atoms with Crippen LogP contribution in [0.5, 0.6) is 0 Å². The molecule has 4 bridgehead atoms. The van der Waals surface area contributed by atoms with E-state index < -0.39 is 24.1 Å².